The summed E-state index contributed by atoms with van der Waals surface area (Å²) in [5.41, 5.74) is 0.967. The molecule has 0 aliphatic heterocycles. The minimum absolute atomic E-state index is 0. The number of guanidine groups is 1. The molecule has 114 valence electrons. The first-order valence-electron chi connectivity index (χ1n) is 6.78. The second-order valence-electron chi connectivity index (χ2n) is 5.12. The summed E-state index contributed by atoms with van der Waals surface area (Å²) in [6.45, 7) is 10.6. The molecule has 0 bridgehead atoms. The van der Waals surface area contributed by atoms with Crippen LogP contribution >= 0.6 is 24.0 Å². The van der Waals surface area contributed by atoms with Gasteiger partial charge in [0.2, 0.25) is 0 Å². The van der Waals surface area contributed by atoms with Crippen LogP contribution in [0.25, 0.3) is 0 Å². The zero-order valence-corrected chi connectivity index (χ0v) is 15.0. The summed E-state index contributed by atoms with van der Waals surface area (Å²) in [7, 11) is 0. The number of nitrogens with one attached hydrogen (secondary N) is 2. The normalized spacial score (nSPS) is 10.4. The van der Waals surface area contributed by atoms with Crippen molar-refractivity contribution in [2.24, 2.45) is 4.99 Å². The molecule has 0 heterocycles. The Kier molecular flexibility index (Phi) is 8.76. The lowest BCUT2D eigenvalue weighted by Gasteiger charge is -2.23. The maximum atomic E-state index is 12.9. The van der Waals surface area contributed by atoms with Crippen LogP contribution in [0.15, 0.2) is 29.3 Å². The van der Waals surface area contributed by atoms with Crippen LogP contribution in [0.3, 0.4) is 0 Å². The summed E-state index contributed by atoms with van der Waals surface area (Å²) in [6, 6.07) is 6.64. The van der Waals surface area contributed by atoms with E-state index in [-0.39, 0.29) is 35.2 Å². The molecule has 1 aromatic carbocycles. The molecular formula is C15H25FIN3. The molecule has 0 spiro atoms. The van der Waals surface area contributed by atoms with Gasteiger partial charge in [-0.25, -0.2) is 4.39 Å². The van der Waals surface area contributed by atoms with Crippen LogP contribution in [-0.4, -0.2) is 25.6 Å². The lowest BCUT2D eigenvalue weighted by molar-refractivity contribution is 0.534. The SMILES string of the molecule is CCNC(=NCC(C)(C)c1ccc(F)cc1)NCC.I. The Morgan fingerprint density at radius 1 is 1.10 bits per heavy atom. The number of rotatable bonds is 5. The van der Waals surface area contributed by atoms with Gasteiger partial charge in [0.15, 0.2) is 5.96 Å². The minimum atomic E-state index is -0.205. The van der Waals surface area contributed by atoms with Crippen LogP contribution < -0.4 is 10.6 Å². The lowest BCUT2D eigenvalue weighted by Crippen LogP contribution is -2.38. The Hall–Kier alpha value is -0.850. The van der Waals surface area contributed by atoms with Gasteiger partial charge in [-0.05, 0) is 31.5 Å². The molecule has 0 saturated carbocycles. The van der Waals surface area contributed by atoms with Crippen molar-refractivity contribution in [1.29, 1.82) is 0 Å². The van der Waals surface area contributed by atoms with Crippen molar-refractivity contribution in [1.82, 2.24) is 10.6 Å². The number of hydrogen-bond acceptors (Lipinski definition) is 1. The summed E-state index contributed by atoms with van der Waals surface area (Å²) in [5.74, 6) is 0.615. The van der Waals surface area contributed by atoms with E-state index in [9.17, 15) is 4.39 Å². The van der Waals surface area contributed by atoms with Crippen molar-refractivity contribution >= 4 is 29.9 Å². The van der Waals surface area contributed by atoms with Crippen LogP contribution in [0.2, 0.25) is 0 Å². The maximum Gasteiger partial charge on any atom is 0.191 e. The molecule has 5 heteroatoms. The van der Waals surface area contributed by atoms with E-state index in [0.29, 0.717) is 6.54 Å². The number of aliphatic imine (C=N–C) groups is 1. The second kappa shape index (κ2) is 9.15. The third-order valence-electron chi connectivity index (χ3n) is 2.95. The van der Waals surface area contributed by atoms with Gasteiger partial charge < -0.3 is 10.6 Å². The molecule has 0 unspecified atom stereocenters. The highest BCUT2D eigenvalue weighted by Gasteiger charge is 2.20. The molecule has 1 rings (SSSR count). The Morgan fingerprint density at radius 3 is 2.05 bits per heavy atom. The first kappa shape index (κ1) is 19.1. The van der Waals surface area contributed by atoms with Gasteiger partial charge in [0.1, 0.15) is 5.82 Å². The summed E-state index contributed by atoms with van der Waals surface area (Å²) in [4.78, 5) is 4.57. The van der Waals surface area contributed by atoms with Crippen molar-refractivity contribution < 1.29 is 4.39 Å². The van der Waals surface area contributed by atoms with Gasteiger partial charge in [0, 0.05) is 18.5 Å². The third-order valence-corrected chi connectivity index (χ3v) is 2.95. The number of halogens is 2. The Balaban J connectivity index is 0.00000361. The topological polar surface area (TPSA) is 36.4 Å². The molecule has 0 aliphatic carbocycles. The van der Waals surface area contributed by atoms with Crippen LogP contribution in [0.5, 0.6) is 0 Å². The fraction of sp³-hybridized carbons (Fsp3) is 0.533. The predicted molar refractivity (Wildman–Crippen MR) is 94.5 cm³/mol. The number of hydrogen-bond donors (Lipinski definition) is 2. The molecule has 0 atom stereocenters. The molecule has 0 aliphatic rings. The van der Waals surface area contributed by atoms with Gasteiger partial charge in [-0.15, -0.1) is 24.0 Å². The maximum absolute atomic E-state index is 12.9. The highest BCUT2D eigenvalue weighted by molar-refractivity contribution is 14.0. The average molecular weight is 393 g/mol. The second-order valence-corrected chi connectivity index (χ2v) is 5.12. The molecule has 1 aromatic rings. The van der Waals surface area contributed by atoms with Gasteiger partial charge in [0.05, 0.1) is 6.54 Å². The van der Waals surface area contributed by atoms with Crippen molar-refractivity contribution in [2.75, 3.05) is 19.6 Å². The molecular weight excluding hydrogens is 368 g/mol. The van der Waals surface area contributed by atoms with Crippen LogP contribution in [0.4, 0.5) is 4.39 Å². The zero-order valence-electron chi connectivity index (χ0n) is 12.7. The smallest absolute Gasteiger partial charge is 0.191 e. The van der Waals surface area contributed by atoms with E-state index in [0.717, 1.165) is 24.6 Å². The third kappa shape index (κ3) is 6.07. The first-order valence-corrected chi connectivity index (χ1v) is 6.78. The van der Waals surface area contributed by atoms with E-state index in [1.807, 2.05) is 26.0 Å². The van der Waals surface area contributed by atoms with Crippen molar-refractivity contribution in [3.05, 3.63) is 35.6 Å². The largest absolute Gasteiger partial charge is 0.357 e. The highest BCUT2D eigenvalue weighted by Crippen LogP contribution is 2.23. The fourth-order valence-corrected chi connectivity index (χ4v) is 1.78. The van der Waals surface area contributed by atoms with E-state index in [2.05, 4.69) is 29.5 Å². The predicted octanol–water partition coefficient (Wildman–Crippen LogP) is 3.30. The molecule has 3 nitrogen and oxygen atoms in total. The summed E-state index contributed by atoms with van der Waals surface area (Å²) < 4.78 is 12.9. The summed E-state index contributed by atoms with van der Waals surface area (Å²) in [6.07, 6.45) is 0. The quantitative estimate of drug-likeness (QED) is 0.458. The highest BCUT2D eigenvalue weighted by atomic mass is 127. The van der Waals surface area contributed by atoms with Crippen LogP contribution in [0.1, 0.15) is 33.3 Å². The molecule has 0 aromatic heterocycles. The first-order chi connectivity index (χ1) is 8.99. The van der Waals surface area contributed by atoms with Crippen LogP contribution in [-0.2, 0) is 5.41 Å². The Morgan fingerprint density at radius 2 is 1.60 bits per heavy atom. The monoisotopic (exact) mass is 393 g/mol. The van der Waals surface area contributed by atoms with E-state index in [1.54, 1.807) is 0 Å². The van der Waals surface area contributed by atoms with Gasteiger partial charge in [-0.2, -0.15) is 0 Å². The van der Waals surface area contributed by atoms with Crippen LogP contribution in [0, 0.1) is 5.82 Å². The standard InChI is InChI=1S/C15H24FN3.HI/c1-5-17-14(18-6-2)19-11-15(3,4)12-7-9-13(16)10-8-12;/h7-10H,5-6,11H2,1-4H3,(H2,17,18,19);1H. The Bertz CT molecular complexity index is 408. The number of benzene rings is 1. The van der Waals surface area contributed by atoms with Gasteiger partial charge in [-0.1, -0.05) is 26.0 Å². The number of nitrogens with zero attached hydrogens (tertiary/aromatic N) is 1. The molecule has 0 radical (unpaired) electrons. The molecule has 0 amide bonds. The van der Waals surface area contributed by atoms with Crippen molar-refractivity contribution in [3.8, 4) is 0 Å². The summed E-state index contributed by atoms with van der Waals surface area (Å²) in [5, 5.41) is 6.39. The zero-order chi connectivity index (χ0) is 14.3. The van der Waals surface area contributed by atoms with Gasteiger partial charge in [-0.3, -0.25) is 4.99 Å². The van der Waals surface area contributed by atoms with Gasteiger partial charge >= 0.3 is 0 Å². The van der Waals surface area contributed by atoms with Crippen molar-refractivity contribution in [3.63, 3.8) is 0 Å². The lowest BCUT2D eigenvalue weighted by atomic mass is 9.85. The fourth-order valence-electron chi connectivity index (χ4n) is 1.78. The van der Waals surface area contributed by atoms with E-state index < -0.39 is 0 Å². The average Bonchev–Trinajstić information content (AvgIpc) is 2.37. The Labute approximate surface area is 138 Å². The van der Waals surface area contributed by atoms with Gasteiger partial charge in [0.25, 0.3) is 0 Å². The molecule has 0 saturated heterocycles. The molecule has 20 heavy (non-hydrogen) atoms. The van der Waals surface area contributed by atoms with Crippen molar-refractivity contribution in [2.45, 2.75) is 33.1 Å². The van der Waals surface area contributed by atoms with E-state index in [4.69, 9.17) is 0 Å². The molecule has 0 fully saturated rings. The van der Waals surface area contributed by atoms with E-state index >= 15 is 0 Å². The minimum Gasteiger partial charge on any atom is -0.357 e. The molecule has 2 N–H and O–H groups in total. The summed E-state index contributed by atoms with van der Waals surface area (Å²) >= 11 is 0. The van der Waals surface area contributed by atoms with E-state index in [1.165, 1.54) is 12.1 Å².